The molecule has 0 aliphatic rings. The lowest BCUT2D eigenvalue weighted by molar-refractivity contribution is -0.138. The lowest BCUT2D eigenvalue weighted by Gasteiger charge is -2.31. The van der Waals surface area contributed by atoms with E-state index >= 15 is 0 Å². The van der Waals surface area contributed by atoms with Crippen molar-refractivity contribution < 1.29 is 23.9 Å². The Morgan fingerprint density at radius 2 is 1.54 bits per heavy atom. The molecule has 0 bridgehead atoms. The number of ether oxygens (including phenoxy) is 2. The zero-order valence-electron chi connectivity index (χ0n) is 27.0. The molecule has 3 amide bonds. The Morgan fingerprint density at radius 3 is 2.17 bits per heavy atom. The highest BCUT2D eigenvalue weighted by molar-refractivity contribution is 5.82. The van der Waals surface area contributed by atoms with E-state index < -0.39 is 23.3 Å². The first-order valence-electron chi connectivity index (χ1n) is 15.3. The molecule has 0 spiro atoms. The first kappa shape index (κ1) is 39.2. The minimum absolute atomic E-state index is 0.0189. The lowest BCUT2D eigenvalue weighted by atomic mass is 9.89. The number of amides is 3. The van der Waals surface area contributed by atoms with Gasteiger partial charge in [0, 0.05) is 32.7 Å². The van der Waals surface area contributed by atoms with Crippen LogP contribution in [-0.4, -0.2) is 75.0 Å². The van der Waals surface area contributed by atoms with Crippen LogP contribution in [0.3, 0.4) is 0 Å². The van der Waals surface area contributed by atoms with Gasteiger partial charge in [-0.1, -0.05) is 27.2 Å². The standard InChI is InChI=1S/C30H62N6O5/c1-8-18-34-25(37)14-15-30(6,7)41-22-29(4,5)27(39)35-19-11-13-24(33)40-20-16-28(2,3)21-36-26(38)23(32)12-9-10-17-31/h23-24H,8-22,31-33H2,1-7H3,(H,34,37)(H,35,39)(H,36,38). The number of nitrogens with one attached hydrogen (secondary N) is 3. The highest BCUT2D eigenvalue weighted by atomic mass is 16.5. The predicted octanol–water partition coefficient (Wildman–Crippen LogP) is 2.30. The highest BCUT2D eigenvalue weighted by Crippen LogP contribution is 2.23. The maximum atomic E-state index is 12.7. The van der Waals surface area contributed by atoms with Crippen LogP contribution in [0.25, 0.3) is 0 Å². The van der Waals surface area contributed by atoms with Gasteiger partial charge in [-0.3, -0.25) is 14.4 Å². The van der Waals surface area contributed by atoms with E-state index in [4.69, 9.17) is 26.7 Å². The Hall–Kier alpha value is -1.79. The van der Waals surface area contributed by atoms with Crippen LogP contribution in [0.2, 0.25) is 0 Å². The molecule has 0 saturated carbocycles. The number of hydrogen-bond donors (Lipinski definition) is 6. The van der Waals surface area contributed by atoms with Crippen molar-refractivity contribution in [1.82, 2.24) is 16.0 Å². The summed E-state index contributed by atoms with van der Waals surface area (Å²) in [6.07, 6.45) is 5.80. The Morgan fingerprint density at radius 1 is 0.854 bits per heavy atom. The minimum Gasteiger partial charge on any atom is -0.374 e. The summed E-state index contributed by atoms with van der Waals surface area (Å²) in [5, 5.41) is 8.78. The quantitative estimate of drug-likeness (QED) is 0.0735. The third-order valence-electron chi connectivity index (χ3n) is 7.07. The zero-order valence-corrected chi connectivity index (χ0v) is 27.0. The fourth-order valence-electron chi connectivity index (χ4n) is 3.78. The van der Waals surface area contributed by atoms with Gasteiger partial charge >= 0.3 is 0 Å². The maximum Gasteiger partial charge on any atom is 0.236 e. The van der Waals surface area contributed by atoms with Crippen LogP contribution in [0.5, 0.6) is 0 Å². The minimum atomic E-state index is -0.713. The van der Waals surface area contributed by atoms with E-state index in [9.17, 15) is 14.4 Å². The molecule has 0 aromatic rings. The van der Waals surface area contributed by atoms with Gasteiger partial charge in [0.15, 0.2) is 0 Å². The van der Waals surface area contributed by atoms with E-state index in [1.165, 1.54) is 0 Å². The molecule has 11 nitrogen and oxygen atoms in total. The predicted molar refractivity (Wildman–Crippen MR) is 165 cm³/mol. The fourth-order valence-corrected chi connectivity index (χ4v) is 3.78. The summed E-state index contributed by atoms with van der Waals surface area (Å²) in [6, 6.07) is -0.512. The fraction of sp³-hybridized carbons (Fsp3) is 0.900. The Bertz CT molecular complexity index is 760. The first-order valence-corrected chi connectivity index (χ1v) is 15.3. The zero-order chi connectivity index (χ0) is 31.5. The molecule has 0 aromatic heterocycles. The molecular weight excluding hydrogens is 524 g/mol. The van der Waals surface area contributed by atoms with Crippen LogP contribution in [0, 0.1) is 10.8 Å². The summed E-state index contributed by atoms with van der Waals surface area (Å²) in [7, 11) is 0. The smallest absolute Gasteiger partial charge is 0.236 e. The summed E-state index contributed by atoms with van der Waals surface area (Å²) in [4.78, 5) is 36.9. The summed E-state index contributed by atoms with van der Waals surface area (Å²) >= 11 is 0. The second-order valence-corrected chi connectivity index (χ2v) is 13.1. The molecule has 0 aliphatic heterocycles. The summed E-state index contributed by atoms with van der Waals surface area (Å²) < 4.78 is 11.8. The molecule has 0 radical (unpaired) electrons. The molecule has 11 heteroatoms. The van der Waals surface area contributed by atoms with Crippen LogP contribution in [-0.2, 0) is 23.9 Å². The first-order chi connectivity index (χ1) is 19.0. The van der Waals surface area contributed by atoms with E-state index in [0.29, 0.717) is 64.9 Å². The number of carbonyl (C=O) groups excluding carboxylic acids is 3. The van der Waals surface area contributed by atoms with Gasteiger partial charge in [-0.05, 0) is 84.6 Å². The van der Waals surface area contributed by atoms with Gasteiger partial charge in [-0.2, -0.15) is 0 Å². The molecule has 242 valence electrons. The molecule has 41 heavy (non-hydrogen) atoms. The van der Waals surface area contributed by atoms with Crippen LogP contribution < -0.4 is 33.2 Å². The van der Waals surface area contributed by atoms with Gasteiger partial charge in [-0.25, -0.2) is 0 Å². The van der Waals surface area contributed by atoms with E-state index in [-0.39, 0.29) is 29.7 Å². The maximum absolute atomic E-state index is 12.7. The van der Waals surface area contributed by atoms with Crippen LogP contribution in [0.1, 0.15) is 106 Å². The van der Waals surface area contributed by atoms with E-state index in [0.717, 1.165) is 25.7 Å². The highest BCUT2D eigenvalue weighted by Gasteiger charge is 2.31. The van der Waals surface area contributed by atoms with Crippen LogP contribution in [0.4, 0.5) is 0 Å². The lowest BCUT2D eigenvalue weighted by Crippen LogP contribution is -2.44. The second-order valence-electron chi connectivity index (χ2n) is 13.1. The van der Waals surface area contributed by atoms with Crippen molar-refractivity contribution in [3.8, 4) is 0 Å². The summed E-state index contributed by atoms with van der Waals surface area (Å²) in [6.45, 7) is 16.7. The molecule has 2 atom stereocenters. The van der Waals surface area contributed by atoms with E-state index in [1.54, 1.807) is 0 Å². The molecule has 0 aromatic carbocycles. The SMILES string of the molecule is CCCNC(=O)CCC(C)(C)OCC(C)(C)C(=O)NCCCC(N)OCCC(C)(C)CNC(=O)C(N)CCCCN. The van der Waals surface area contributed by atoms with Gasteiger partial charge in [0.1, 0.15) is 6.23 Å². The van der Waals surface area contributed by atoms with Crippen molar-refractivity contribution in [2.24, 2.45) is 28.0 Å². The van der Waals surface area contributed by atoms with Crippen molar-refractivity contribution in [2.75, 3.05) is 39.4 Å². The Labute approximate surface area is 249 Å². The topological polar surface area (TPSA) is 184 Å². The molecule has 0 rings (SSSR count). The van der Waals surface area contributed by atoms with E-state index in [2.05, 4.69) is 29.8 Å². The normalized spacial score (nSPS) is 13.9. The van der Waals surface area contributed by atoms with Crippen molar-refractivity contribution in [1.29, 1.82) is 0 Å². The number of unbranched alkanes of at least 4 members (excludes halogenated alkanes) is 1. The number of carbonyl (C=O) groups is 3. The summed E-state index contributed by atoms with van der Waals surface area (Å²) in [5.74, 6) is -0.211. The molecule has 0 heterocycles. The molecule has 2 unspecified atom stereocenters. The monoisotopic (exact) mass is 586 g/mol. The Balaban J connectivity index is 4.21. The van der Waals surface area contributed by atoms with E-state index in [1.807, 2.05) is 34.6 Å². The average Bonchev–Trinajstić information content (AvgIpc) is 2.90. The number of nitrogens with two attached hydrogens (primary N) is 3. The van der Waals surface area contributed by atoms with Crippen LogP contribution >= 0.6 is 0 Å². The van der Waals surface area contributed by atoms with Gasteiger partial charge in [0.05, 0.1) is 23.7 Å². The average molecular weight is 587 g/mol. The second kappa shape index (κ2) is 20.2. The van der Waals surface area contributed by atoms with Gasteiger partial charge in [-0.15, -0.1) is 0 Å². The largest absolute Gasteiger partial charge is 0.374 e. The molecule has 0 fully saturated rings. The van der Waals surface area contributed by atoms with Gasteiger partial charge in [0.25, 0.3) is 0 Å². The number of hydrogen-bond acceptors (Lipinski definition) is 8. The van der Waals surface area contributed by atoms with Crippen molar-refractivity contribution in [3.05, 3.63) is 0 Å². The van der Waals surface area contributed by atoms with Gasteiger partial charge < -0.3 is 42.6 Å². The van der Waals surface area contributed by atoms with Crippen molar-refractivity contribution in [2.45, 2.75) is 124 Å². The third-order valence-corrected chi connectivity index (χ3v) is 7.07. The van der Waals surface area contributed by atoms with Crippen LogP contribution in [0.15, 0.2) is 0 Å². The van der Waals surface area contributed by atoms with Crippen molar-refractivity contribution >= 4 is 17.7 Å². The molecular formula is C30H62N6O5. The third kappa shape index (κ3) is 19.9. The molecule has 9 N–H and O–H groups in total. The Kier molecular flexibility index (Phi) is 19.3. The summed E-state index contributed by atoms with van der Waals surface area (Å²) in [5.41, 5.74) is 16.2. The molecule has 0 aliphatic carbocycles. The molecule has 0 saturated heterocycles. The van der Waals surface area contributed by atoms with Crippen molar-refractivity contribution in [3.63, 3.8) is 0 Å². The number of rotatable bonds is 24. The van der Waals surface area contributed by atoms with Gasteiger partial charge in [0.2, 0.25) is 17.7 Å².